The highest BCUT2D eigenvalue weighted by Gasteiger charge is 2.12. The average Bonchev–Trinajstić information content (AvgIpc) is 3.12. The summed E-state index contributed by atoms with van der Waals surface area (Å²) in [4.78, 5) is 16.7. The number of aromatic nitrogens is 1. The van der Waals surface area contributed by atoms with E-state index in [9.17, 15) is 4.79 Å². The second kappa shape index (κ2) is 6.68. The van der Waals surface area contributed by atoms with Crippen molar-refractivity contribution in [1.82, 2.24) is 4.98 Å². The molecule has 0 aliphatic carbocycles. The van der Waals surface area contributed by atoms with Crippen LogP contribution in [0.4, 0.5) is 5.69 Å². The van der Waals surface area contributed by atoms with E-state index in [0.717, 1.165) is 37.9 Å². The van der Waals surface area contributed by atoms with E-state index in [0.29, 0.717) is 0 Å². The molecule has 0 spiro atoms. The fourth-order valence-electron chi connectivity index (χ4n) is 2.14. The zero-order valence-corrected chi connectivity index (χ0v) is 15.1. The molecular weight excluding hydrogens is 376 g/mol. The third-order valence-corrected chi connectivity index (χ3v) is 4.72. The van der Waals surface area contributed by atoms with Gasteiger partial charge in [-0.3, -0.25) is 4.79 Å². The Bertz CT molecular complexity index is 854. The Morgan fingerprint density at radius 2 is 2.13 bits per heavy atom. The smallest absolute Gasteiger partial charge is 0.230 e. The Labute approximate surface area is 146 Å². The number of carbonyl (C=O) groups is 1. The molecule has 1 N–H and O–H groups in total. The van der Waals surface area contributed by atoms with Crippen molar-refractivity contribution in [2.75, 3.05) is 5.32 Å². The lowest BCUT2D eigenvalue weighted by molar-refractivity contribution is -0.115. The summed E-state index contributed by atoms with van der Waals surface area (Å²) in [6, 6.07) is 9.59. The van der Waals surface area contributed by atoms with Gasteiger partial charge in [0, 0.05) is 15.5 Å². The largest absolute Gasteiger partial charge is 0.459 e. The number of amides is 1. The Morgan fingerprint density at radius 3 is 2.87 bits per heavy atom. The van der Waals surface area contributed by atoms with Crippen LogP contribution >= 0.6 is 27.3 Å². The van der Waals surface area contributed by atoms with Crippen molar-refractivity contribution in [2.24, 2.45) is 0 Å². The summed E-state index contributed by atoms with van der Waals surface area (Å²) < 4.78 is 6.49. The molecule has 0 aliphatic rings. The van der Waals surface area contributed by atoms with Crippen LogP contribution in [0, 0.1) is 13.8 Å². The highest BCUT2D eigenvalue weighted by atomic mass is 79.9. The van der Waals surface area contributed by atoms with E-state index in [2.05, 4.69) is 26.2 Å². The number of thiazole rings is 1. The standard InChI is InChI=1S/C17H15BrN2O2S/c1-10-3-5-12(18)7-14(10)20-16(21)8-13-9-23-17(19-13)15-6-4-11(2)22-15/h3-7,9H,8H2,1-2H3,(H,20,21). The second-order valence-electron chi connectivity index (χ2n) is 5.24. The minimum absolute atomic E-state index is 0.0846. The summed E-state index contributed by atoms with van der Waals surface area (Å²) in [7, 11) is 0. The van der Waals surface area contributed by atoms with E-state index in [-0.39, 0.29) is 12.3 Å². The van der Waals surface area contributed by atoms with E-state index < -0.39 is 0 Å². The number of hydrogen-bond acceptors (Lipinski definition) is 4. The van der Waals surface area contributed by atoms with Gasteiger partial charge in [0.05, 0.1) is 12.1 Å². The maximum absolute atomic E-state index is 12.2. The molecule has 3 rings (SSSR count). The van der Waals surface area contributed by atoms with Crippen molar-refractivity contribution < 1.29 is 9.21 Å². The molecule has 2 heterocycles. The summed E-state index contributed by atoms with van der Waals surface area (Å²) >= 11 is 4.89. The molecule has 0 fully saturated rings. The molecule has 0 saturated heterocycles. The van der Waals surface area contributed by atoms with Crippen molar-refractivity contribution in [2.45, 2.75) is 20.3 Å². The number of furan rings is 1. The van der Waals surface area contributed by atoms with E-state index in [1.54, 1.807) is 0 Å². The molecule has 3 aromatic rings. The number of rotatable bonds is 4. The number of halogens is 1. The molecule has 0 aliphatic heterocycles. The molecule has 118 valence electrons. The predicted octanol–water partition coefficient (Wildman–Crippen LogP) is 4.96. The van der Waals surface area contributed by atoms with E-state index in [4.69, 9.17) is 4.42 Å². The van der Waals surface area contributed by atoms with Crippen LogP contribution in [0.25, 0.3) is 10.8 Å². The third-order valence-electron chi connectivity index (χ3n) is 3.32. The number of nitrogens with one attached hydrogen (secondary N) is 1. The van der Waals surface area contributed by atoms with Gasteiger partial charge in [0.25, 0.3) is 0 Å². The first-order valence-corrected chi connectivity index (χ1v) is 8.76. The highest BCUT2D eigenvalue weighted by Crippen LogP contribution is 2.26. The first-order chi connectivity index (χ1) is 11.0. The van der Waals surface area contributed by atoms with Gasteiger partial charge in [-0.2, -0.15) is 0 Å². The monoisotopic (exact) mass is 390 g/mol. The lowest BCUT2D eigenvalue weighted by Crippen LogP contribution is -2.15. The van der Waals surface area contributed by atoms with Gasteiger partial charge in [0.1, 0.15) is 5.76 Å². The fourth-order valence-corrected chi connectivity index (χ4v) is 3.28. The third kappa shape index (κ3) is 3.89. The number of carbonyl (C=O) groups excluding carboxylic acids is 1. The Morgan fingerprint density at radius 1 is 1.30 bits per heavy atom. The predicted molar refractivity (Wildman–Crippen MR) is 95.8 cm³/mol. The van der Waals surface area contributed by atoms with Crippen molar-refractivity contribution in [3.63, 3.8) is 0 Å². The molecule has 0 radical (unpaired) electrons. The van der Waals surface area contributed by atoms with E-state index in [1.165, 1.54) is 11.3 Å². The molecule has 0 bridgehead atoms. The summed E-state index contributed by atoms with van der Waals surface area (Å²) in [5, 5.41) is 5.61. The molecule has 2 aromatic heterocycles. The first-order valence-electron chi connectivity index (χ1n) is 7.08. The normalized spacial score (nSPS) is 10.7. The SMILES string of the molecule is Cc1ccc(-c2nc(CC(=O)Nc3cc(Br)ccc3C)cs2)o1. The van der Waals surface area contributed by atoms with Crippen LogP contribution < -0.4 is 5.32 Å². The Balaban J connectivity index is 1.69. The summed E-state index contributed by atoms with van der Waals surface area (Å²) in [5.41, 5.74) is 2.57. The molecule has 6 heteroatoms. The zero-order valence-electron chi connectivity index (χ0n) is 12.7. The topological polar surface area (TPSA) is 55.1 Å². The minimum atomic E-state index is -0.0846. The molecule has 0 atom stereocenters. The van der Waals surface area contributed by atoms with Gasteiger partial charge in [0.2, 0.25) is 5.91 Å². The lowest BCUT2D eigenvalue weighted by Gasteiger charge is -2.08. The Hall–Kier alpha value is -1.92. The van der Waals surface area contributed by atoms with Crippen LogP contribution in [0.5, 0.6) is 0 Å². The van der Waals surface area contributed by atoms with Crippen LogP contribution in [-0.2, 0) is 11.2 Å². The fraction of sp³-hybridized carbons (Fsp3) is 0.176. The van der Waals surface area contributed by atoms with Gasteiger partial charge in [-0.1, -0.05) is 22.0 Å². The molecule has 1 amide bonds. The molecular formula is C17H15BrN2O2S. The Kier molecular flexibility index (Phi) is 4.63. The molecule has 4 nitrogen and oxygen atoms in total. The highest BCUT2D eigenvalue weighted by molar-refractivity contribution is 9.10. The number of nitrogens with zero attached hydrogens (tertiary/aromatic N) is 1. The number of benzene rings is 1. The number of hydrogen-bond donors (Lipinski definition) is 1. The van der Waals surface area contributed by atoms with Gasteiger partial charge in [-0.15, -0.1) is 11.3 Å². The van der Waals surface area contributed by atoms with Gasteiger partial charge >= 0.3 is 0 Å². The van der Waals surface area contributed by atoms with E-state index in [1.807, 2.05) is 49.6 Å². The minimum Gasteiger partial charge on any atom is -0.459 e. The van der Waals surface area contributed by atoms with E-state index >= 15 is 0 Å². The van der Waals surface area contributed by atoms with Crippen LogP contribution in [0.3, 0.4) is 0 Å². The van der Waals surface area contributed by atoms with Gasteiger partial charge < -0.3 is 9.73 Å². The number of aryl methyl sites for hydroxylation is 2. The summed E-state index contributed by atoms with van der Waals surface area (Å²) in [6.45, 7) is 3.86. The molecule has 1 aromatic carbocycles. The van der Waals surface area contributed by atoms with Crippen molar-refractivity contribution in [3.05, 3.63) is 57.2 Å². The number of anilines is 1. The summed E-state index contributed by atoms with van der Waals surface area (Å²) in [6.07, 6.45) is 0.238. The zero-order chi connectivity index (χ0) is 16.4. The first kappa shape index (κ1) is 16.0. The van der Waals surface area contributed by atoms with Gasteiger partial charge in [0.15, 0.2) is 10.8 Å². The quantitative estimate of drug-likeness (QED) is 0.684. The van der Waals surface area contributed by atoms with Crippen LogP contribution in [0.1, 0.15) is 17.0 Å². The van der Waals surface area contributed by atoms with Crippen LogP contribution in [0.2, 0.25) is 0 Å². The average molecular weight is 391 g/mol. The van der Waals surface area contributed by atoms with Crippen molar-refractivity contribution >= 4 is 38.9 Å². The maximum atomic E-state index is 12.2. The van der Waals surface area contributed by atoms with Crippen LogP contribution in [0.15, 0.2) is 44.6 Å². The second-order valence-corrected chi connectivity index (χ2v) is 7.01. The van der Waals surface area contributed by atoms with Crippen molar-refractivity contribution in [3.8, 4) is 10.8 Å². The van der Waals surface area contributed by atoms with Gasteiger partial charge in [-0.05, 0) is 43.7 Å². The molecule has 0 saturated carbocycles. The van der Waals surface area contributed by atoms with Crippen molar-refractivity contribution in [1.29, 1.82) is 0 Å². The summed E-state index contributed by atoms with van der Waals surface area (Å²) in [5.74, 6) is 1.50. The van der Waals surface area contributed by atoms with Gasteiger partial charge in [-0.25, -0.2) is 4.98 Å². The lowest BCUT2D eigenvalue weighted by atomic mass is 10.2. The molecule has 0 unspecified atom stereocenters. The maximum Gasteiger partial charge on any atom is 0.230 e. The molecule has 23 heavy (non-hydrogen) atoms. The van der Waals surface area contributed by atoms with Crippen LogP contribution in [-0.4, -0.2) is 10.9 Å².